The van der Waals surface area contributed by atoms with Gasteiger partial charge in [0.2, 0.25) is 0 Å². The molecule has 1 rings (SSSR count). The van der Waals surface area contributed by atoms with Crippen LogP contribution in [0.5, 0.6) is 0 Å². The zero-order valence-electron chi connectivity index (χ0n) is 11.3. The molecule has 0 fully saturated rings. The summed E-state index contributed by atoms with van der Waals surface area (Å²) < 4.78 is 7.66. The Labute approximate surface area is 103 Å². The maximum absolute atomic E-state index is 6.26. The largest absolute Gasteiger partial charge is 0.374 e. The Hall–Kier alpha value is -0.940. The van der Waals surface area contributed by atoms with E-state index in [1.807, 2.05) is 18.5 Å². The number of hydrogen-bond donors (Lipinski definition) is 1. The number of hydrogen-bond acceptors (Lipinski definition) is 4. The molecule has 5 heteroatoms. The molecule has 0 aliphatic carbocycles. The number of nitrogens with two attached hydrogens (primary N) is 1. The molecule has 0 saturated heterocycles. The number of nitrogens with zero attached hydrogens (tertiary/aromatic N) is 3. The van der Waals surface area contributed by atoms with E-state index in [1.165, 1.54) is 0 Å². The molecule has 0 saturated carbocycles. The van der Waals surface area contributed by atoms with E-state index in [4.69, 9.17) is 10.5 Å². The first-order valence-corrected chi connectivity index (χ1v) is 6.33. The van der Waals surface area contributed by atoms with Crippen molar-refractivity contribution < 1.29 is 4.74 Å². The first kappa shape index (κ1) is 14.1. The first-order chi connectivity index (χ1) is 8.07. The van der Waals surface area contributed by atoms with Crippen LogP contribution in [-0.2, 0) is 17.7 Å². The van der Waals surface area contributed by atoms with Gasteiger partial charge in [0.1, 0.15) is 12.2 Å². The minimum absolute atomic E-state index is 0.0676. The van der Waals surface area contributed by atoms with Gasteiger partial charge in [-0.05, 0) is 27.2 Å². The zero-order valence-corrected chi connectivity index (χ0v) is 11.3. The van der Waals surface area contributed by atoms with Crippen LogP contribution in [0.15, 0.2) is 6.33 Å². The molecule has 0 spiro atoms. The van der Waals surface area contributed by atoms with Crippen molar-refractivity contribution in [2.45, 2.75) is 58.7 Å². The average Bonchev–Trinajstić information content (AvgIpc) is 2.76. The van der Waals surface area contributed by atoms with E-state index < -0.39 is 0 Å². The standard InChI is InChI=1S/C12H24N4O/c1-5-12(4,17-7-3)10(13)8-11-14-9-15-16(11)6-2/h9-10H,5-8,13H2,1-4H3. The minimum Gasteiger partial charge on any atom is -0.374 e. The Morgan fingerprint density at radius 1 is 1.47 bits per heavy atom. The van der Waals surface area contributed by atoms with Gasteiger partial charge >= 0.3 is 0 Å². The van der Waals surface area contributed by atoms with Crippen LogP contribution in [-0.4, -0.2) is 33.0 Å². The second kappa shape index (κ2) is 6.12. The molecule has 0 bridgehead atoms. The highest BCUT2D eigenvalue weighted by Crippen LogP contribution is 2.21. The molecule has 2 N–H and O–H groups in total. The highest BCUT2D eigenvalue weighted by Gasteiger charge is 2.31. The number of aryl methyl sites for hydroxylation is 1. The molecule has 1 heterocycles. The Bertz CT molecular complexity index is 339. The third-order valence-corrected chi connectivity index (χ3v) is 3.36. The highest BCUT2D eigenvalue weighted by molar-refractivity contribution is 4.96. The van der Waals surface area contributed by atoms with Gasteiger partial charge in [0.05, 0.1) is 5.60 Å². The van der Waals surface area contributed by atoms with Crippen LogP contribution in [0.2, 0.25) is 0 Å². The molecule has 2 atom stereocenters. The van der Waals surface area contributed by atoms with Crippen LogP contribution in [0.25, 0.3) is 0 Å². The van der Waals surface area contributed by atoms with E-state index in [2.05, 4.69) is 23.9 Å². The van der Waals surface area contributed by atoms with Gasteiger partial charge in [-0.3, -0.25) is 4.68 Å². The minimum atomic E-state index is -0.292. The van der Waals surface area contributed by atoms with Gasteiger partial charge in [-0.2, -0.15) is 5.10 Å². The van der Waals surface area contributed by atoms with E-state index in [-0.39, 0.29) is 11.6 Å². The van der Waals surface area contributed by atoms with Crippen molar-refractivity contribution in [1.29, 1.82) is 0 Å². The highest BCUT2D eigenvalue weighted by atomic mass is 16.5. The number of rotatable bonds is 7. The number of aromatic nitrogens is 3. The van der Waals surface area contributed by atoms with Crippen molar-refractivity contribution in [2.24, 2.45) is 5.73 Å². The predicted octanol–water partition coefficient (Wildman–Crippen LogP) is 1.37. The molecule has 0 aromatic carbocycles. The van der Waals surface area contributed by atoms with Gasteiger partial charge in [-0.25, -0.2) is 4.98 Å². The van der Waals surface area contributed by atoms with Crippen LogP contribution >= 0.6 is 0 Å². The Kier molecular flexibility index (Phi) is 5.08. The van der Waals surface area contributed by atoms with E-state index in [9.17, 15) is 0 Å². The molecule has 2 unspecified atom stereocenters. The van der Waals surface area contributed by atoms with Crippen molar-refractivity contribution in [3.8, 4) is 0 Å². The second-order valence-corrected chi connectivity index (χ2v) is 4.40. The van der Waals surface area contributed by atoms with Gasteiger partial charge in [-0.1, -0.05) is 6.92 Å². The summed E-state index contributed by atoms with van der Waals surface area (Å²) in [7, 11) is 0. The summed E-state index contributed by atoms with van der Waals surface area (Å²) in [6, 6.07) is -0.0676. The molecule has 1 aromatic heterocycles. The molecule has 5 nitrogen and oxygen atoms in total. The van der Waals surface area contributed by atoms with Crippen LogP contribution < -0.4 is 5.73 Å². The molecular weight excluding hydrogens is 216 g/mol. The molecule has 17 heavy (non-hydrogen) atoms. The fourth-order valence-electron chi connectivity index (χ4n) is 1.92. The van der Waals surface area contributed by atoms with Crippen molar-refractivity contribution >= 4 is 0 Å². The molecule has 0 amide bonds. The monoisotopic (exact) mass is 240 g/mol. The lowest BCUT2D eigenvalue weighted by Crippen LogP contribution is -2.49. The lowest BCUT2D eigenvalue weighted by Gasteiger charge is -2.34. The van der Waals surface area contributed by atoms with Crippen LogP contribution in [0.1, 0.15) is 39.9 Å². The van der Waals surface area contributed by atoms with Gasteiger partial charge in [-0.15, -0.1) is 0 Å². The lowest BCUT2D eigenvalue weighted by atomic mass is 9.91. The topological polar surface area (TPSA) is 66.0 Å². The summed E-state index contributed by atoms with van der Waals surface area (Å²) in [5, 5.41) is 4.15. The predicted molar refractivity (Wildman–Crippen MR) is 67.7 cm³/mol. The van der Waals surface area contributed by atoms with E-state index in [0.29, 0.717) is 13.0 Å². The van der Waals surface area contributed by atoms with E-state index in [1.54, 1.807) is 6.33 Å². The summed E-state index contributed by atoms with van der Waals surface area (Å²) in [5.41, 5.74) is 5.97. The summed E-state index contributed by atoms with van der Waals surface area (Å²) >= 11 is 0. The summed E-state index contributed by atoms with van der Waals surface area (Å²) in [6.45, 7) is 9.70. The zero-order chi connectivity index (χ0) is 12.9. The van der Waals surface area contributed by atoms with Crippen LogP contribution in [0.4, 0.5) is 0 Å². The van der Waals surface area contributed by atoms with Crippen molar-refractivity contribution in [3.05, 3.63) is 12.2 Å². The average molecular weight is 240 g/mol. The van der Waals surface area contributed by atoms with Crippen molar-refractivity contribution in [1.82, 2.24) is 14.8 Å². The quantitative estimate of drug-likeness (QED) is 0.781. The van der Waals surface area contributed by atoms with Gasteiger partial charge in [0.15, 0.2) is 0 Å². The fraction of sp³-hybridized carbons (Fsp3) is 0.833. The Morgan fingerprint density at radius 3 is 2.71 bits per heavy atom. The lowest BCUT2D eigenvalue weighted by molar-refractivity contribution is -0.0466. The Balaban J connectivity index is 2.73. The van der Waals surface area contributed by atoms with Crippen molar-refractivity contribution in [2.75, 3.05) is 6.61 Å². The summed E-state index contributed by atoms with van der Waals surface area (Å²) in [6.07, 6.45) is 3.16. The fourth-order valence-corrected chi connectivity index (χ4v) is 1.92. The first-order valence-electron chi connectivity index (χ1n) is 6.33. The molecule has 1 aromatic rings. The van der Waals surface area contributed by atoms with Crippen molar-refractivity contribution in [3.63, 3.8) is 0 Å². The molecule has 0 aliphatic rings. The number of ether oxygens (including phenoxy) is 1. The second-order valence-electron chi connectivity index (χ2n) is 4.40. The molecule has 98 valence electrons. The molecule has 0 radical (unpaired) electrons. The van der Waals surface area contributed by atoms with E-state index >= 15 is 0 Å². The maximum Gasteiger partial charge on any atom is 0.138 e. The Morgan fingerprint density at radius 2 is 2.18 bits per heavy atom. The van der Waals surface area contributed by atoms with Gasteiger partial charge in [0, 0.05) is 25.6 Å². The van der Waals surface area contributed by atoms with Crippen LogP contribution in [0, 0.1) is 0 Å². The third kappa shape index (κ3) is 3.26. The summed E-state index contributed by atoms with van der Waals surface area (Å²) in [5.74, 6) is 0.930. The third-order valence-electron chi connectivity index (χ3n) is 3.36. The van der Waals surface area contributed by atoms with Gasteiger partial charge < -0.3 is 10.5 Å². The van der Waals surface area contributed by atoms with Gasteiger partial charge in [0.25, 0.3) is 0 Å². The maximum atomic E-state index is 6.26. The SMILES string of the molecule is CCOC(C)(CC)C(N)Cc1ncnn1CC. The smallest absolute Gasteiger partial charge is 0.138 e. The molecule has 0 aliphatic heterocycles. The normalized spacial score (nSPS) is 16.8. The van der Waals surface area contributed by atoms with E-state index in [0.717, 1.165) is 18.8 Å². The summed E-state index contributed by atoms with van der Waals surface area (Å²) in [4.78, 5) is 4.25. The molecular formula is C12H24N4O. The van der Waals surface area contributed by atoms with Crippen LogP contribution in [0.3, 0.4) is 0 Å².